The van der Waals surface area contributed by atoms with Crippen LogP contribution in [-0.2, 0) is 25.7 Å². The summed E-state index contributed by atoms with van der Waals surface area (Å²) in [6.45, 7) is 0.471. The lowest BCUT2D eigenvalue weighted by Gasteiger charge is -2.21. The van der Waals surface area contributed by atoms with Crippen LogP contribution in [0, 0.1) is 0 Å². The number of carbonyl (C=O) groups is 2. The van der Waals surface area contributed by atoms with Crippen molar-refractivity contribution in [3.05, 3.63) is 35.9 Å². The number of carboxylic acids is 1. The summed E-state index contributed by atoms with van der Waals surface area (Å²) < 4.78 is 9.94. The number of carbonyl (C=O) groups excluding carboxylic acids is 1. The van der Waals surface area contributed by atoms with Gasteiger partial charge in [0.25, 0.3) is 0 Å². The Morgan fingerprint density at radius 2 is 2.11 bits per heavy atom. The molecule has 1 aromatic carbocycles. The van der Waals surface area contributed by atoms with E-state index in [1.807, 2.05) is 6.07 Å². The van der Waals surface area contributed by atoms with Crippen LogP contribution < -0.4 is 5.32 Å². The molecule has 1 aliphatic heterocycles. The average molecular weight is 251 g/mol. The lowest BCUT2D eigenvalue weighted by molar-refractivity contribution is -0.185. The average Bonchev–Trinajstić information content (AvgIpc) is 2.88. The van der Waals surface area contributed by atoms with Gasteiger partial charge in [-0.1, -0.05) is 30.3 Å². The van der Waals surface area contributed by atoms with Crippen molar-refractivity contribution in [3.63, 3.8) is 0 Å². The van der Waals surface area contributed by atoms with Gasteiger partial charge < -0.3 is 14.6 Å². The van der Waals surface area contributed by atoms with Gasteiger partial charge in [0.2, 0.25) is 0 Å². The van der Waals surface area contributed by atoms with E-state index < -0.39 is 17.7 Å². The standard InChI is InChI=1S/C12H13NO5/c14-10(15)12(13-6-7-18-12)11(16)17-8-9-4-2-1-3-5-9/h1-5,13H,6-8H2,(H,14,15)/t12-/m0/s1. The summed E-state index contributed by atoms with van der Waals surface area (Å²) in [5.41, 5.74) is -1.28. The molecule has 0 unspecified atom stereocenters. The van der Waals surface area contributed by atoms with Crippen molar-refractivity contribution in [2.75, 3.05) is 13.2 Å². The Labute approximate surface area is 104 Å². The Morgan fingerprint density at radius 3 is 2.67 bits per heavy atom. The van der Waals surface area contributed by atoms with E-state index in [9.17, 15) is 9.59 Å². The predicted molar refractivity (Wildman–Crippen MR) is 60.6 cm³/mol. The fraction of sp³-hybridized carbons (Fsp3) is 0.333. The summed E-state index contributed by atoms with van der Waals surface area (Å²) in [5, 5.41) is 11.6. The molecule has 2 N–H and O–H groups in total. The number of esters is 1. The molecule has 0 saturated carbocycles. The highest BCUT2D eigenvalue weighted by Gasteiger charge is 2.52. The van der Waals surface area contributed by atoms with Gasteiger partial charge in [0.1, 0.15) is 6.61 Å². The molecule has 6 heteroatoms. The first-order valence-corrected chi connectivity index (χ1v) is 5.49. The molecule has 0 aromatic heterocycles. The molecule has 1 saturated heterocycles. The Bertz CT molecular complexity index is 439. The zero-order valence-corrected chi connectivity index (χ0v) is 9.59. The monoisotopic (exact) mass is 251 g/mol. The lowest BCUT2D eigenvalue weighted by Crippen LogP contribution is -2.56. The quantitative estimate of drug-likeness (QED) is 0.584. The van der Waals surface area contributed by atoms with Crippen LogP contribution in [0.15, 0.2) is 30.3 Å². The third-order valence-electron chi connectivity index (χ3n) is 2.60. The minimum atomic E-state index is -2.06. The van der Waals surface area contributed by atoms with Crippen molar-refractivity contribution in [2.24, 2.45) is 0 Å². The Kier molecular flexibility index (Phi) is 3.59. The second-order valence-electron chi connectivity index (χ2n) is 3.82. The van der Waals surface area contributed by atoms with Crippen LogP contribution in [-0.4, -0.2) is 35.9 Å². The van der Waals surface area contributed by atoms with Crippen LogP contribution in [0.25, 0.3) is 0 Å². The number of aliphatic carboxylic acids is 1. The smallest absolute Gasteiger partial charge is 0.366 e. The molecular weight excluding hydrogens is 238 g/mol. The third-order valence-corrected chi connectivity index (χ3v) is 2.60. The summed E-state index contributed by atoms with van der Waals surface area (Å²) in [5.74, 6) is -2.32. The molecule has 1 atom stereocenters. The van der Waals surface area contributed by atoms with Gasteiger partial charge in [-0.3, -0.25) is 5.32 Å². The maximum absolute atomic E-state index is 11.8. The molecule has 1 aromatic rings. The Hall–Kier alpha value is -1.92. The van der Waals surface area contributed by atoms with E-state index in [0.29, 0.717) is 6.54 Å². The van der Waals surface area contributed by atoms with Gasteiger partial charge in [0.15, 0.2) is 0 Å². The van der Waals surface area contributed by atoms with Crippen LogP contribution in [0.1, 0.15) is 5.56 Å². The lowest BCUT2D eigenvalue weighted by atomic mass is 10.2. The van der Waals surface area contributed by atoms with Crippen molar-refractivity contribution in [2.45, 2.75) is 12.3 Å². The minimum absolute atomic E-state index is 0.0136. The van der Waals surface area contributed by atoms with Crippen molar-refractivity contribution in [1.82, 2.24) is 5.32 Å². The van der Waals surface area contributed by atoms with Gasteiger partial charge in [-0.25, -0.2) is 9.59 Å². The largest absolute Gasteiger partial charge is 0.478 e. The fourth-order valence-corrected chi connectivity index (χ4v) is 1.66. The van der Waals surface area contributed by atoms with E-state index in [2.05, 4.69) is 5.32 Å². The van der Waals surface area contributed by atoms with Gasteiger partial charge in [0, 0.05) is 6.54 Å². The van der Waals surface area contributed by atoms with Crippen LogP contribution in [0.4, 0.5) is 0 Å². The molecule has 0 aliphatic carbocycles. The molecule has 1 fully saturated rings. The number of hydrogen-bond donors (Lipinski definition) is 2. The fourth-order valence-electron chi connectivity index (χ4n) is 1.66. The van der Waals surface area contributed by atoms with E-state index in [0.717, 1.165) is 5.56 Å². The summed E-state index contributed by atoms with van der Waals surface area (Å²) in [4.78, 5) is 22.9. The van der Waals surface area contributed by atoms with E-state index in [-0.39, 0.29) is 13.2 Å². The second kappa shape index (κ2) is 5.16. The summed E-state index contributed by atoms with van der Waals surface area (Å²) >= 11 is 0. The summed E-state index contributed by atoms with van der Waals surface area (Å²) in [6.07, 6.45) is 0. The van der Waals surface area contributed by atoms with E-state index in [4.69, 9.17) is 14.6 Å². The van der Waals surface area contributed by atoms with Gasteiger partial charge >= 0.3 is 17.7 Å². The number of ether oxygens (including phenoxy) is 2. The maximum atomic E-state index is 11.8. The highest BCUT2D eigenvalue weighted by atomic mass is 16.6. The van der Waals surface area contributed by atoms with E-state index in [1.54, 1.807) is 24.3 Å². The first-order chi connectivity index (χ1) is 8.65. The van der Waals surface area contributed by atoms with Gasteiger partial charge in [-0.05, 0) is 5.56 Å². The van der Waals surface area contributed by atoms with Crippen LogP contribution in [0.3, 0.4) is 0 Å². The molecule has 1 heterocycles. The number of benzene rings is 1. The molecule has 0 bridgehead atoms. The molecule has 0 radical (unpaired) electrons. The zero-order chi connectivity index (χ0) is 13.0. The molecule has 6 nitrogen and oxygen atoms in total. The molecule has 0 amide bonds. The highest BCUT2D eigenvalue weighted by Crippen LogP contribution is 2.16. The van der Waals surface area contributed by atoms with E-state index in [1.165, 1.54) is 0 Å². The van der Waals surface area contributed by atoms with Crippen molar-refractivity contribution >= 4 is 11.9 Å². The van der Waals surface area contributed by atoms with Gasteiger partial charge in [-0.15, -0.1) is 0 Å². The van der Waals surface area contributed by atoms with Crippen LogP contribution >= 0.6 is 0 Å². The summed E-state index contributed by atoms with van der Waals surface area (Å²) in [7, 11) is 0. The molecule has 2 rings (SSSR count). The number of rotatable bonds is 4. The van der Waals surface area contributed by atoms with Crippen molar-refractivity contribution in [1.29, 1.82) is 0 Å². The van der Waals surface area contributed by atoms with E-state index >= 15 is 0 Å². The molecule has 18 heavy (non-hydrogen) atoms. The second-order valence-corrected chi connectivity index (χ2v) is 3.82. The van der Waals surface area contributed by atoms with Crippen molar-refractivity contribution < 1.29 is 24.2 Å². The highest BCUT2D eigenvalue weighted by molar-refractivity contribution is 6.02. The zero-order valence-electron chi connectivity index (χ0n) is 9.59. The molecule has 96 valence electrons. The SMILES string of the molecule is O=C(O)[C@]1(C(=O)OCc2ccccc2)NCCO1. The Morgan fingerprint density at radius 1 is 1.39 bits per heavy atom. The van der Waals surface area contributed by atoms with Gasteiger partial charge in [-0.2, -0.15) is 0 Å². The van der Waals surface area contributed by atoms with Crippen LogP contribution in [0.5, 0.6) is 0 Å². The third kappa shape index (κ3) is 2.34. The van der Waals surface area contributed by atoms with Crippen LogP contribution in [0.2, 0.25) is 0 Å². The number of hydrogen-bond acceptors (Lipinski definition) is 5. The number of nitrogens with one attached hydrogen (secondary N) is 1. The normalized spacial score (nSPS) is 22.7. The topological polar surface area (TPSA) is 84.9 Å². The molecule has 1 aliphatic rings. The first-order valence-electron chi connectivity index (χ1n) is 5.49. The molecule has 0 spiro atoms. The minimum Gasteiger partial charge on any atom is -0.478 e. The van der Waals surface area contributed by atoms with Gasteiger partial charge in [0.05, 0.1) is 6.61 Å². The summed E-state index contributed by atoms with van der Waals surface area (Å²) in [6, 6.07) is 9.01. The Balaban J connectivity index is 2.01. The maximum Gasteiger partial charge on any atom is 0.366 e. The first kappa shape index (κ1) is 12.5. The molecular formula is C12H13NO5. The predicted octanol–water partition coefficient (Wildman–Crippen LogP) is 0.130. The van der Waals surface area contributed by atoms with Crippen molar-refractivity contribution in [3.8, 4) is 0 Å². The number of carboxylic acid groups (broad SMARTS) is 1.